The highest BCUT2D eigenvalue weighted by Gasteiger charge is 2.33. The van der Waals surface area contributed by atoms with E-state index in [1.807, 2.05) is 11.6 Å². The molecule has 3 aromatic heterocycles. The normalized spacial score (nSPS) is 15.1. The summed E-state index contributed by atoms with van der Waals surface area (Å²) in [6.45, 7) is 5.88. The lowest BCUT2D eigenvalue weighted by Gasteiger charge is -2.19. The second-order valence-corrected chi connectivity index (χ2v) is 11.5. The number of hydrogen-bond donors (Lipinski definition) is 0. The van der Waals surface area contributed by atoms with Gasteiger partial charge in [-0.05, 0) is 44.4 Å². The molecule has 0 bridgehead atoms. The minimum Gasteiger partial charge on any atom is -0.272 e. The van der Waals surface area contributed by atoms with Crippen LogP contribution in [0.5, 0.6) is 0 Å². The van der Waals surface area contributed by atoms with Crippen LogP contribution in [-0.4, -0.2) is 48.2 Å². The van der Waals surface area contributed by atoms with Crippen LogP contribution in [0.15, 0.2) is 36.8 Å². The smallest absolute Gasteiger partial charge is 0.172 e. The predicted molar refractivity (Wildman–Crippen MR) is 128 cm³/mol. The van der Waals surface area contributed by atoms with Gasteiger partial charge in [0.05, 0.1) is 17.0 Å². The molecule has 0 amide bonds. The van der Waals surface area contributed by atoms with Gasteiger partial charge < -0.3 is 0 Å². The average Bonchev–Trinajstić information content (AvgIpc) is 3.55. The highest BCUT2D eigenvalue weighted by molar-refractivity contribution is 7.91. The fourth-order valence-corrected chi connectivity index (χ4v) is 6.00. The molecule has 0 radical (unpaired) electrons. The summed E-state index contributed by atoms with van der Waals surface area (Å²) in [6, 6.07) is 3.47. The molecule has 1 aliphatic rings. The molecule has 0 unspecified atom stereocenters. The summed E-state index contributed by atoms with van der Waals surface area (Å²) < 4.78 is 59.9. The molecule has 0 spiro atoms. The van der Waals surface area contributed by atoms with Gasteiger partial charge in [-0.25, -0.2) is 27.2 Å². The minimum absolute atomic E-state index is 0.0872. The topological polar surface area (TPSA) is 108 Å². The van der Waals surface area contributed by atoms with Crippen LogP contribution in [0, 0.1) is 18.6 Å². The monoisotopic (exact) mass is 513 g/mol. The van der Waals surface area contributed by atoms with Crippen molar-refractivity contribution >= 4 is 9.84 Å². The van der Waals surface area contributed by atoms with E-state index in [0.717, 1.165) is 47.3 Å². The molecule has 1 aromatic carbocycles. The summed E-state index contributed by atoms with van der Waals surface area (Å²) in [4.78, 5) is 8.52. The number of fused-ring (bicyclic) bond motifs is 1. The van der Waals surface area contributed by atoms with Crippen molar-refractivity contribution in [1.29, 1.82) is 0 Å². The number of halogens is 2. The zero-order chi connectivity index (χ0) is 25.6. The van der Waals surface area contributed by atoms with Gasteiger partial charge in [0.15, 0.2) is 21.5 Å². The Morgan fingerprint density at radius 1 is 1.06 bits per heavy atom. The summed E-state index contributed by atoms with van der Waals surface area (Å²) in [7, 11) is -3.86. The van der Waals surface area contributed by atoms with Gasteiger partial charge in [-0.3, -0.25) is 9.25 Å². The summed E-state index contributed by atoms with van der Waals surface area (Å²) in [6.07, 6.45) is 6.45. The molecule has 0 saturated carbocycles. The summed E-state index contributed by atoms with van der Waals surface area (Å²) >= 11 is 0. The molecule has 188 valence electrons. The average molecular weight is 514 g/mol. The van der Waals surface area contributed by atoms with Crippen LogP contribution in [0.25, 0.3) is 17.1 Å². The van der Waals surface area contributed by atoms with Crippen molar-refractivity contribution in [1.82, 2.24) is 34.5 Å². The minimum atomic E-state index is -3.86. The first-order valence-corrected chi connectivity index (χ1v) is 13.3. The second-order valence-electron chi connectivity index (χ2n) is 9.10. The van der Waals surface area contributed by atoms with E-state index in [9.17, 15) is 17.2 Å². The van der Waals surface area contributed by atoms with Gasteiger partial charge in [-0.2, -0.15) is 5.10 Å². The molecular weight excluding hydrogens is 488 g/mol. The maximum Gasteiger partial charge on any atom is 0.172 e. The van der Waals surface area contributed by atoms with Crippen molar-refractivity contribution in [2.45, 2.75) is 57.1 Å². The van der Waals surface area contributed by atoms with Gasteiger partial charge in [-0.15, -0.1) is 10.2 Å². The van der Waals surface area contributed by atoms with Crippen molar-refractivity contribution in [3.63, 3.8) is 0 Å². The summed E-state index contributed by atoms with van der Waals surface area (Å²) in [5.41, 5.74) is 1.87. The zero-order valence-corrected chi connectivity index (χ0v) is 20.9. The van der Waals surface area contributed by atoms with Crippen molar-refractivity contribution in [2.75, 3.05) is 0 Å². The van der Waals surface area contributed by atoms with E-state index in [0.29, 0.717) is 11.4 Å². The second kappa shape index (κ2) is 9.16. The van der Waals surface area contributed by atoms with E-state index < -0.39 is 44.1 Å². The van der Waals surface area contributed by atoms with Crippen molar-refractivity contribution in [2.24, 2.45) is 0 Å². The Kier molecular flexibility index (Phi) is 6.15. The Morgan fingerprint density at radius 3 is 2.44 bits per heavy atom. The molecule has 12 heteroatoms. The molecule has 4 heterocycles. The van der Waals surface area contributed by atoms with E-state index in [1.54, 1.807) is 32.4 Å². The maximum atomic E-state index is 15.0. The lowest BCUT2D eigenvalue weighted by Crippen LogP contribution is -2.27. The highest BCUT2D eigenvalue weighted by Crippen LogP contribution is 2.32. The van der Waals surface area contributed by atoms with E-state index in [1.165, 1.54) is 6.07 Å². The van der Waals surface area contributed by atoms with Gasteiger partial charge in [0.2, 0.25) is 0 Å². The van der Waals surface area contributed by atoms with Crippen LogP contribution < -0.4 is 0 Å². The largest absolute Gasteiger partial charge is 0.272 e. The SMILES string of the molecule is Cc1cnc([C@@H](C)[C@H](C)S(=O)(=O)Cc2nnc(-c3cnn4c3CCC4)n2-c2c(F)cccc2F)nc1. The van der Waals surface area contributed by atoms with Gasteiger partial charge in [0, 0.05) is 30.6 Å². The Balaban J connectivity index is 1.58. The number of para-hydroxylation sites is 1. The van der Waals surface area contributed by atoms with E-state index in [4.69, 9.17) is 0 Å². The quantitative estimate of drug-likeness (QED) is 0.372. The molecule has 4 aromatic rings. The number of rotatable bonds is 7. The predicted octanol–water partition coefficient (Wildman–Crippen LogP) is 3.56. The molecule has 36 heavy (non-hydrogen) atoms. The van der Waals surface area contributed by atoms with Crippen LogP contribution in [0.1, 0.15) is 49.1 Å². The molecule has 0 N–H and O–H groups in total. The number of sulfone groups is 1. The molecule has 9 nitrogen and oxygen atoms in total. The first-order chi connectivity index (χ1) is 17.2. The maximum absolute atomic E-state index is 15.0. The molecule has 5 rings (SSSR count). The van der Waals surface area contributed by atoms with E-state index >= 15 is 0 Å². The van der Waals surface area contributed by atoms with E-state index in [2.05, 4.69) is 25.3 Å². The number of benzene rings is 1. The number of hydrogen-bond acceptors (Lipinski definition) is 7. The Hall–Kier alpha value is -3.54. The first-order valence-electron chi connectivity index (χ1n) is 11.6. The molecule has 2 atom stereocenters. The first kappa shape index (κ1) is 24.2. The Labute approximate surface area is 207 Å². The van der Waals surface area contributed by atoms with Gasteiger partial charge in [0.1, 0.15) is 28.9 Å². The van der Waals surface area contributed by atoms with E-state index in [-0.39, 0.29) is 11.6 Å². The van der Waals surface area contributed by atoms with Gasteiger partial charge in [0.25, 0.3) is 0 Å². The number of aromatic nitrogens is 7. The molecule has 0 saturated heterocycles. The van der Waals surface area contributed by atoms with Crippen LogP contribution in [-0.2, 0) is 28.6 Å². The summed E-state index contributed by atoms with van der Waals surface area (Å²) in [5, 5.41) is 11.7. The third-order valence-corrected chi connectivity index (χ3v) is 8.88. The third kappa shape index (κ3) is 4.19. The molecular formula is C24H25F2N7O2S. The lowest BCUT2D eigenvalue weighted by molar-refractivity contribution is 0.555. The van der Waals surface area contributed by atoms with Crippen LogP contribution >= 0.6 is 0 Å². The van der Waals surface area contributed by atoms with Crippen LogP contribution in [0.3, 0.4) is 0 Å². The van der Waals surface area contributed by atoms with Crippen molar-refractivity contribution in [3.8, 4) is 17.1 Å². The molecule has 0 aliphatic carbocycles. The Morgan fingerprint density at radius 2 is 1.75 bits per heavy atom. The van der Waals surface area contributed by atoms with Gasteiger partial charge >= 0.3 is 0 Å². The van der Waals surface area contributed by atoms with Crippen LogP contribution in [0.2, 0.25) is 0 Å². The fourth-order valence-electron chi connectivity index (χ4n) is 4.44. The van der Waals surface area contributed by atoms with Crippen molar-refractivity contribution < 1.29 is 17.2 Å². The van der Waals surface area contributed by atoms with Crippen LogP contribution in [0.4, 0.5) is 8.78 Å². The van der Waals surface area contributed by atoms with Crippen molar-refractivity contribution in [3.05, 3.63) is 71.3 Å². The zero-order valence-electron chi connectivity index (χ0n) is 20.1. The molecule has 1 aliphatic heterocycles. The number of aryl methyl sites for hydroxylation is 2. The fraction of sp³-hybridized carbons (Fsp3) is 0.375. The molecule has 0 fully saturated rings. The Bertz CT molecular complexity index is 1510. The lowest BCUT2D eigenvalue weighted by atomic mass is 10.1. The number of nitrogens with zero attached hydrogens (tertiary/aromatic N) is 7. The van der Waals surface area contributed by atoms with Gasteiger partial charge in [-0.1, -0.05) is 13.0 Å². The summed E-state index contributed by atoms with van der Waals surface area (Å²) in [5.74, 6) is -2.34. The highest BCUT2D eigenvalue weighted by atomic mass is 32.2. The third-order valence-electron chi connectivity index (χ3n) is 6.67. The standard InChI is InChI=1S/C24H25F2N7O2S/c1-14-10-27-23(28-11-14)15(2)16(3)36(34,35)13-21-30-31-24(17-12-29-32-9-5-8-20(17)32)33(21)22-18(25)6-4-7-19(22)26/h4,6-7,10-12,15-16H,5,8-9,13H2,1-3H3/t15-,16-/m0/s1.